The van der Waals surface area contributed by atoms with Gasteiger partial charge in [0.2, 0.25) is 11.8 Å². The summed E-state index contributed by atoms with van der Waals surface area (Å²) in [7, 11) is 0. The third kappa shape index (κ3) is 8.18. The molecule has 0 heterocycles. The standard InChI is InChI=1S/C29H44N4O2/c1-9-32(10-2)18-26(34)30-28-20(5)13-24(14-21(28)6)17-25-15-22(7)29(23(8)16-25)31-27(35)19-33(11-3)12-4/h13-16H,9-12,17-19H2,1-8H3,(H,30,34)(H,31,35). The van der Waals surface area contributed by atoms with Gasteiger partial charge in [-0.2, -0.15) is 0 Å². The molecule has 2 N–H and O–H groups in total. The number of rotatable bonds is 12. The minimum atomic E-state index is 0.0255. The number of aryl methyl sites for hydroxylation is 4. The normalized spacial score (nSPS) is 11.3. The first-order valence-corrected chi connectivity index (χ1v) is 12.9. The average Bonchev–Trinajstić information content (AvgIpc) is 2.80. The van der Waals surface area contributed by atoms with Crippen molar-refractivity contribution in [3.05, 3.63) is 57.6 Å². The Morgan fingerprint density at radius 3 is 1.14 bits per heavy atom. The highest BCUT2D eigenvalue weighted by Gasteiger charge is 2.14. The van der Waals surface area contributed by atoms with Gasteiger partial charge < -0.3 is 10.6 Å². The summed E-state index contributed by atoms with van der Waals surface area (Å²) in [4.78, 5) is 29.2. The molecule has 35 heavy (non-hydrogen) atoms. The van der Waals surface area contributed by atoms with Crippen LogP contribution in [-0.2, 0) is 16.0 Å². The number of benzene rings is 2. The summed E-state index contributed by atoms with van der Waals surface area (Å²) in [5, 5.41) is 6.22. The molecule has 0 bridgehead atoms. The predicted octanol–water partition coefficient (Wildman–Crippen LogP) is 5.07. The van der Waals surface area contributed by atoms with Crippen LogP contribution in [0.1, 0.15) is 61.1 Å². The van der Waals surface area contributed by atoms with Gasteiger partial charge in [0.25, 0.3) is 0 Å². The lowest BCUT2D eigenvalue weighted by Crippen LogP contribution is -2.33. The van der Waals surface area contributed by atoms with Gasteiger partial charge in [-0.05, 0) is 93.7 Å². The lowest BCUT2D eigenvalue weighted by atomic mass is 9.96. The van der Waals surface area contributed by atoms with Gasteiger partial charge in [-0.1, -0.05) is 52.0 Å². The number of hydrogen-bond donors (Lipinski definition) is 2. The van der Waals surface area contributed by atoms with Crippen LogP contribution in [-0.4, -0.2) is 60.9 Å². The van der Waals surface area contributed by atoms with E-state index in [1.165, 1.54) is 11.1 Å². The predicted molar refractivity (Wildman–Crippen MR) is 147 cm³/mol. The molecule has 6 heteroatoms. The third-order valence-corrected chi connectivity index (χ3v) is 6.65. The summed E-state index contributed by atoms with van der Waals surface area (Å²) in [5.41, 5.74) is 8.51. The molecule has 0 aliphatic rings. The molecular formula is C29H44N4O2. The Bertz CT molecular complexity index is 896. The molecule has 192 valence electrons. The Morgan fingerprint density at radius 2 is 0.886 bits per heavy atom. The molecule has 0 aliphatic heterocycles. The van der Waals surface area contributed by atoms with Gasteiger partial charge in [-0.25, -0.2) is 0 Å². The SMILES string of the molecule is CCN(CC)CC(=O)Nc1c(C)cc(Cc2cc(C)c(NC(=O)CN(CC)CC)c(C)c2)cc1C. The summed E-state index contributed by atoms with van der Waals surface area (Å²) < 4.78 is 0. The number of nitrogens with one attached hydrogen (secondary N) is 2. The van der Waals surface area contributed by atoms with Crippen LogP contribution in [0.4, 0.5) is 11.4 Å². The second-order valence-electron chi connectivity index (χ2n) is 9.41. The Kier molecular flexibility index (Phi) is 10.9. The van der Waals surface area contributed by atoms with Crippen LogP contribution in [0.15, 0.2) is 24.3 Å². The van der Waals surface area contributed by atoms with Crippen LogP contribution in [0, 0.1) is 27.7 Å². The van der Waals surface area contributed by atoms with Crippen molar-refractivity contribution in [3.8, 4) is 0 Å². The van der Waals surface area contributed by atoms with E-state index in [-0.39, 0.29) is 11.8 Å². The van der Waals surface area contributed by atoms with Crippen LogP contribution < -0.4 is 10.6 Å². The second kappa shape index (κ2) is 13.4. The maximum atomic E-state index is 12.5. The largest absolute Gasteiger partial charge is 0.324 e. The lowest BCUT2D eigenvalue weighted by molar-refractivity contribution is -0.118. The molecule has 0 atom stereocenters. The number of carbonyl (C=O) groups excluding carboxylic acids is 2. The Labute approximate surface area is 212 Å². The van der Waals surface area contributed by atoms with E-state index in [9.17, 15) is 9.59 Å². The fourth-order valence-corrected chi connectivity index (χ4v) is 4.60. The van der Waals surface area contributed by atoms with E-state index in [2.05, 4.69) is 100 Å². The maximum absolute atomic E-state index is 12.5. The average molecular weight is 481 g/mol. The molecule has 0 unspecified atom stereocenters. The number of anilines is 2. The van der Waals surface area contributed by atoms with E-state index in [1.807, 2.05) is 0 Å². The van der Waals surface area contributed by atoms with E-state index in [0.29, 0.717) is 13.1 Å². The molecule has 2 aromatic carbocycles. The van der Waals surface area contributed by atoms with Crippen molar-refractivity contribution < 1.29 is 9.59 Å². The minimum absolute atomic E-state index is 0.0255. The molecule has 6 nitrogen and oxygen atoms in total. The lowest BCUT2D eigenvalue weighted by Gasteiger charge is -2.20. The van der Waals surface area contributed by atoms with Gasteiger partial charge in [-0.3, -0.25) is 19.4 Å². The first kappa shape index (κ1) is 28.5. The molecule has 0 aromatic heterocycles. The van der Waals surface area contributed by atoms with Crippen molar-refractivity contribution in [2.24, 2.45) is 0 Å². The smallest absolute Gasteiger partial charge is 0.238 e. The van der Waals surface area contributed by atoms with Crippen LogP contribution >= 0.6 is 0 Å². The minimum Gasteiger partial charge on any atom is -0.324 e. The van der Waals surface area contributed by atoms with Crippen LogP contribution in [0.25, 0.3) is 0 Å². The van der Waals surface area contributed by atoms with Gasteiger partial charge in [0.15, 0.2) is 0 Å². The topological polar surface area (TPSA) is 64.7 Å². The zero-order valence-corrected chi connectivity index (χ0v) is 23.0. The van der Waals surface area contributed by atoms with Gasteiger partial charge in [0, 0.05) is 11.4 Å². The highest BCUT2D eigenvalue weighted by atomic mass is 16.2. The molecule has 2 aromatic rings. The molecular weight excluding hydrogens is 436 g/mol. The highest BCUT2D eigenvalue weighted by Crippen LogP contribution is 2.27. The van der Waals surface area contributed by atoms with Crippen LogP contribution in [0.2, 0.25) is 0 Å². The molecule has 0 spiro atoms. The number of nitrogens with zero attached hydrogens (tertiary/aromatic N) is 2. The van der Waals surface area contributed by atoms with Crippen molar-refractivity contribution in [1.82, 2.24) is 9.80 Å². The van der Waals surface area contributed by atoms with E-state index >= 15 is 0 Å². The first-order chi connectivity index (χ1) is 16.6. The maximum Gasteiger partial charge on any atom is 0.238 e. The molecule has 0 saturated heterocycles. The van der Waals surface area contributed by atoms with Gasteiger partial charge in [-0.15, -0.1) is 0 Å². The second-order valence-corrected chi connectivity index (χ2v) is 9.41. The summed E-state index contributed by atoms with van der Waals surface area (Å²) in [6.45, 7) is 20.7. The number of likely N-dealkylation sites (N-methyl/N-ethyl adjacent to an activating group) is 2. The van der Waals surface area contributed by atoms with Crippen molar-refractivity contribution in [1.29, 1.82) is 0 Å². The molecule has 0 aliphatic carbocycles. The van der Waals surface area contributed by atoms with Crippen molar-refractivity contribution >= 4 is 23.2 Å². The van der Waals surface area contributed by atoms with Gasteiger partial charge in [0.05, 0.1) is 13.1 Å². The monoisotopic (exact) mass is 480 g/mol. The quantitative estimate of drug-likeness (QED) is 0.445. The van der Waals surface area contributed by atoms with Crippen molar-refractivity contribution in [2.75, 3.05) is 49.9 Å². The molecule has 0 saturated carbocycles. The molecule has 0 radical (unpaired) electrons. The highest BCUT2D eigenvalue weighted by molar-refractivity contribution is 5.94. The number of hydrogen-bond acceptors (Lipinski definition) is 4. The molecule has 2 rings (SSSR count). The molecule has 0 fully saturated rings. The Hall–Kier alpha value is -2.70. The Morgan fingerprint density at radius 1 is 0.600 bits per heavy atom. The summed E-state index contributed by atoms with van der Waals surface area (Å²) in [6.07, 6.45) is 0.796. The summed E-state index contributed by atoms with van der Waals surface area (Å²) >= 11 is 0. The summed E-state index contributed by atoms with van der Waals surface area (Å²) in [6, 6.07) is 8.63. The van der Waals surface area contributed by atoms with Crippen LogP contribution in [0.5, 0.6) is 0 Å². The fourth-order valence-electron chi connectivity index (χ4n) is 4.60. The van der Waals surface area contributed by atoms with E-state index < -0.39 is 0 Å². The number of carbonyl (C=O) groups is 2. The zero-order chi connectivity index (χ0) is 26.1. The van der Waals surface area contributed by atoms with Crippen molar-refractivity contribution in [3.63, 3.8) is 0 Å². The molecule has 2 amide bonds. The fraction of sp³-hybridized carbons (Fsp3) is 0.517. The first-order valence-electron chi connectivity index (χ1n) is 12.9. The van der Waals surface area contributed by atoms with Crippen molar-refractivity contribution in [2.45, 2.75) is 61.8 Å². The van der Waals surface area contributed by atoms with E-state index in [1.54, 1.807) is 0 Å². The number of amides is 2. The summed E-state index contributed by atoms with van der Waals surface area (Å²) in [5.74, 6) is 0.0510. The van der Waals surface area contributed by atoms with E-state index in [0.717, 1.165) is 66.2 Å². The van der Waals surface area contributed by atoms with E-state index in [4.69, 9.17) is 0 Å². The third-order valence-electron chi connectivity index (χ3n) is 6.65. The van der Waals surface area contributed by atoms with Gasteiger partial charge in [0.1, 0.15) is 0 Å². The van der Waals surface area contributed by atoms with Crippen LogP contribution in [0.3, 0.4) is 0 Å². The Balaban J connectivity index is 2.14. The van der Waals surface area contributed by atoms with Gasteiger partial charge >= 0.3 is 0 Å². The zero-order valence-electron chi connectivity index (χ0n) is 23.0.